The van der Waals surface area contributed by atoms with Crippen LogP contribution in [0.2, 0.25) is 0 Å². The van der Waals surface area contributed by atoms with Gasteiger partial charge in [-0.3, -0.25) is 4.79 Å². The van der Waals surface area contributed by atoms with Gasteiger partial charge in [0.2, 0.25) is 0 Å². The Hall–Kier alpha value is -0.970. The van der Waals surface area contributed by atoms with Crippen LogP contribution in [-0.4, -0.2) is 21.0 Å². The Morgan fingerprint density at radius 2 is 1.75 bits per heavy atom. The van der Waals surface area contributed by atoms with E-state index in [0.29, 0.717) is 4.88 Å². The smallest absolute Gasteiger partial charge is 0.265 e. The second kappa shape index (κ2) is 4.13. The molecule has 0 atom stereocenters. The molecule has 0 saturated heterocycles. The Labute approximate surface area is 101 Å². The average Bonchev–Trinajstić information content (AvgIpc) is 2.45. The van der Waals surface area contributed by atoms with Crippen LogP contribution < -0.4 is 5.32 Å². The van der Waals surface area contributed by atoms with E-state index in [-0.39, 0.29) is 16.9 Å². The number of hydrogen-bond donors (Lipinski definition) is 1. The zero-order chi connectivity index (χ0) is 12.6. The molecule has 0 bridgehead atoms. The molecule has 0 fully saturated rings. The van der Waals surface area contributed by atoms with Gasteiger partial charge in [0, 0.05) is 11.0 Å². The molecule has 0 radical (unpaired) electrons. The summed E-state index contributed by atoms with van der Waals surface area (Å²) in [6, 6.07) is 0. The summed E-state index contributed by atoms with van der Waals surface area (Å²) < 4.78 is 3.87. The molecule has 0 aliphatic heterocycles. The highest BCUT2D eigenvalue weighted by molar-refractivity contribution is 7.08. The molecule has 0 unspecified atom stereocenters. The normalized spacial score (nSPS) is 12.6. The zero-order valence-electron chi connectivity index (χ0n) is 10.7. The molecule has 0 aliphatic rings. The van der Waals surface area contributed by atoms with Gasteiger partial charge in [-0.05, 0) is 32.3 Å². The van der Waals surface area contributed by atoms with Crippen molar-refractivity contribution in [2.24, 2.45) is 0 Å². The molecule has 1 heterocycles. The van der Waals surface area contributed by atoms with Gasteiger partial charge in [-0.1, -0.05) is 25.3 Å². The minimum absolute atomic E-state index is 0.0903. The quantitative estimate of drug-likeness (QED) is 0.821. The van der Waals surface area contributed by atoms with E-state index < -0.39 is 0 Å². The fourth-order valence-electron chi connectivity index (χ4n) is 1.23. The molecule has 1 aromatic heterocycles. The van der Waals surface area contributed by atoms with E-state index in [1.54, 1.807) is 0 Å². The molecular weight excluding hydrogens is 222 g/mol. The van der Waals surface area contributed by atoms with Crippen LogP contribution in [0.3, 0.4) is 0 Å². The van der Waals surface area contributed by atoms with Gasteiger partial charge in [0.1, 0.15) is 4.88 Å². The number of carbonyl (C=O) groups excluding carboxylic acids is 1. The van der Waals surface area contributed by atoms with Crippen LogP contribution in [0.1, 0.15) is 56.9 Å². The maximum atomic E-state index is 12.0. The van der Waals surface area contributed by atoms with E-state index in [2.05, 4.69) is 14.9 Å². The molecule has 1 N–H and O–H groups in total. The molecule has 0 aliphatic carbocycles. The second-order valence-corrected chi connectivity index (χ2v) is 6.66. The first-order valence-electron chi connectivity index (χ1n) is 5.26. The summed E-state index contributed by atoms with van der Waals surface area (Å²) in [5.41, 5.74) is 0.368. The molecule has 1 rings (SSSR count). The topological polar surface area (TPSA) is 54.9 Å². The summed E-state index contributed by atoms with van der Waals surface area (Å²) in [6.45, 7) is 11.9. The van der Waals surface area contributed by atoms with Crippen molar-refractivity contribution in [2.75, 3.05) is 0 Å². The predicted molar refractivity (Wildman–Crippen MR) is 65.8 cm³/mol. The summed E-state index contributed by atoms with van der Waals surface area (Å²) in [5.74, 6) is -0.0903. The predicted octanol–water partition coefficient (Wildman–Crippen LogP) is 2.36. The van der Waals surface area contributed by atoms with E-state index in [1.807, 2.05) is 41.5 Å². The van der Waals surface area contributed by atoms with Crippen molar-refractivity contribution < 1.29 is 4.79 Å². The third-order valence-corrected chi connectivity index (χ3v) is 2.62. The first kappa shape index (κ1) is 13.1. The summed E-state index contributed by atoms with van der Waals surface area (Å²) in [6.07, 6.45) is 0. The largest absolute Gasteiger partial charge is 0.347 e. The highest BCUT2D eigenvalue weighted by Gasteiger charge is 2.27. The van der Waals surface area contributed by atoms with Crippen molar-refractivity contribution in [2.45, 2.75) is 52.5 Å². The standard InChI is InChI=1S/C11H19N3OS/c1-10(2,3)8-7(16-14-13-8)9(15)12-11(4,5)6/h1-6H3,(H,12,15). The maximum Gasteiger partial charge on any atom is 0.265 e. The number of aromatic nitrogens is 2. The molecule has 0 aromatic carbocycles. The molecule has 1 amide bonds. The maximum absolute atomic E-state index is 12.0. The van der Waals surface area contributed by atoms with Crippen molar-refractivity contribution in [1.82, 2.24) is 14.9 Å². The van der Waals surface area contributed by atoms with Crippen molar-refractivity contribution in [1.29, 1.82) is 0 Å². The fraction of sp³-hybridized carbons (Fsp3) is 0.727. The Kier molecular flexibility index (Phi) is 3.38. The van der Waals surface area contributed by atoms with Crippen molar-refractivity contribution in [3.05, 3.63) is 10.6 Å². The first-order valence-corrected chi connectivity index (χ1v) is 6.04. The fourth-order valence-corrected chi connectivity index (χ4v) is 2.00. The van der Waals surface area contributed by atoms with Crippen LogP contribution in [0.5, 0.6) is 0 Å². The van der Waals surface area contributed by atoms with Crippen LogP contribution in [0, 0.1) is 0 Å². The van der Waals surface area contributed by atoms with E-state index in [0.717, 1.165) is 17.2 Å². The van der Waals surface area contributed by atoms with Gasteiger partial charge in [-0.25, -0.2) is 0 Å². The number of hydrogen-bond acceptors (Lipinski definition) is 4. The van der Waals surface area contributed by atoms with E-state index >= 15 is 0 Å². The molecule has 0 spiro atoms. The lowest BCUT2D eigenvalue weighted by Gasteiger charge is -2.21. The van der Waals surface area contributed by atoms with Gasteiger partial charge in [0.25, 0.3) is 5.91 Å². The van der Waals surface area contributed by atoms with Gasteiger partial charge in [0.15, 0.2) is 0 Å². The number of rotatable bonds is 1. The van der Waals surface area contributed by atoms with Crippen LogP contribution in [0.4, 0.5) is 0 Å². The minimum atomic E-state index is -0.240. The lowest BCUT2D eigenvalue weighted by Crippen LogP contribution is -2.41. The van der Waals surface area contributed by atoms with E-state index in [1.165, 1.54) is 0 Å². The summed E-state index contributed by atoms with van der Waals surface area (Å²) in [5, 5.41) is 6.97. The minimum Gasteiger partial charge on any atom is -0.347 e. The molecular formula is C11H19N3OS. The number of carbonyl (C=O) groups is 1. The van der Waals surface area contributed by atoms with Crippen LogP contribution in [0.15, 0.2) is 0 Å². The first-order chi connectivity index (χ1) is 7.11. The van der Waals surface area contributed by atoms with Crippen LogP contribution >= 0.6 is 11.5 Å². The second-order valence-electron chi connectivity index (χ2n) is 5.90. The molecule has 16 heavy (non-hydrogen) atoms. The number of nitrogens with zero attached hydrogens (tertiary/aromatic N) is 2. The van der Waals surface area contributed by atoms with Crippen LogP contribution in [0.25, 0.3) is 0 Å². The molecule has 1 aromatic rings. The lowest BCUT2D eigenvalue weighted by atomic mass is 9.91. The van der Waals surface area contributed by atoms with Crippen molar-refractivity contribution >= 4 is 17.4 Å². The molecule has 4 nitrogen and oxygen atoms in total. The third-order valence-electron chi connectivity index (χ3n) is 1.89. The molecule has 5 heteroatoms. The zero-order valence-corrected chi connectivity index (χ0v) is 11.5. The summed E-state index contributed by atoms with van der Waals surface area (Å²) >= 11 is 1.15. The molecule has 0 saturated carbocycles. The number of amides is 1. The summed E-state index contributed by atoms with van der Waals surface area (Å²) in [7, 11) is 0. The SMILES string of the molecule is CC(C)(C)NC(=O)c1snnc1C(C)(C)C. The highest BCUT2D eigenvalue weighted by Crippen LogP contribution is 2.25. The van der Waals surface area contributed by atoms with Gasteiger partial charge >= 0.3 is 0 Å². The van der Waals surface area contributed by atoms with Crippen molar-refractivity contribution in [3.63, 3.8) is 0 Å². The van der Waals surface area contributed by atoms with Crippen LogP contribution in [-0.2, 0) is 5.41 Å². The Balaban J connectivity index is 2.98. The Morgan fingerprint density at radius 1 is 1.19 bits per heavy atom. The van der Waals surface area contributed by atoms with E-state index in [9.17, 15) is 4.79 Å². The third kappa shape index (κ3) is 3.27. The monoisotopic (exact) mass is 241 g/mol. The van der Waals surface area contributed by atoms with Gasteiger partial charge < -0.3 is 5.32 Å². The Morgan fingerprint density at radius 3 is 2.19 bits per heavy atom. The lowest BCUT2D eigenvalue weighted by molar-refractivity contribution is 0.0921. The summed E-state index contributed by atoms with van der Waals surface area (Å²) in [4.78, 5) is 12.6. The van der Waals surface area contributed by atoms with Gasteiger partial charge in [-0.15, -0.1) is 5.10 Å². The van der Waals surface area contributed by atoms with E-state index in [4.69, 9.17) is 0 Å². The highest BCUT2D eigenvalue weighted by atomic mass is 32.1. The van der Waals surface area contributed by atoms with Gasteiger partial charge in [-0.2, -0.15) is 0 Å². The average molecular weight is 241 g/mol. The van der Waals surface area contributed by atoms with Gasteiger partial charge in [0.05, 0.1) is 5.69 Å². The Bertz CT molecular complexity index is 385. The number of nitrogens with one attached hydrogen (secondary N) is 1. The molecule has 90 valence electrons. The van der Waals surface area contributed by atoms with Crippen molar-refractivity contribution in [3.8, 4) is 0 Å².